The number of rotatable bonds is 11. The lowest BCUT2D eigenvalue weighted by molar-refractivity contribution is 0.415. The molecule has 0 atom stereocenters. The average Bonchev–Trinajstić information content (AvgIpc) is 3.92. The maximum atomic E-state index is 10.6. The smallest absolute Gasteiger partial charge is 0.180 e. The van der Waals surface area contributed by atoms with Gasteiger partial charge in [-0.3, -0.25) is 0 Å². The van der Waals surface area contributed by atoms with Gasteiger partial charge in [0, 0.05) is 21.5 Å². The van der Waals surface area contributed by atoms with E-state index in [-0.39, 0.29) is 0 Å². The zero-order chi connectivity index (χ0) is 47.2. The molecule has 0 N–H and O–H groups in total. The summed E-state index contributed by atoms with van der Waals surface area (Å²) in [7, 11) is 3.36. The molecule has 0 unspecified atom stereocenters. The Morgan fingerprint density at radius 3 is 1.03 bits per heavy atom. The topological polar surface area (TPSA) is 94.4 Å². The van der Waals surface area contributed by atoms with Crippen LogP contribution >= 0.6 is 0 Å². The quantitative estimate of drug-likeness (QED) is 0.0948. The molecule has 0 aliphatic rings. The third-order valence-corrected chi connectivity index (χ3v) is 18.3. The van der Waals surface area contributed by atoms with Crippen molar-refractivity contribution in [3.8, 4) is 57.6 Å². The molecule has 11 rings (SSSR count). The van der Waals surface area contributed by atoms with Crippen molar-refractivity contribution in [3.05, 3.63) is 205 Å². The first-order chi connectivity index (χ1) is 33.9. The van der Waals surface area contributed by atoms with Crippen LogP contribution in [0.4, 0.5) is 0 Å². The van der Waals surface area contributed by atoms with Crippen LogP contribution in [0.3, 0.4) is 0 Å². The Morgan fingerprint density at radius 1 is 0.377 bits per heavy atom. The zero-order valence-electron chi connectivity index (χ0n) is 38.4. The van der Waals surface area contributed by atoms with Crippen molar-refractivity contribution in [3.63, 3.8) is 0 Å². The first kappa shape index (κ1) is 42.6. The fraction of sp³-hybridized carbons (Fsp3) is 0.0667. The molecule has 8 nitrogen and oxygen atoms in total. The largest absolute Gasteiger partial charge is 0.497 e. The van der Waals surface area contributed by atoms with Crippen LogP contribution in [0.1, 0.15) is 11.1 Å². The van der Waals surface area contributed by atoms with Gasteiger partial charge in [-0.2, -0.15) is 10.5 Å². The highest BCUT2D eigenvalue weighted by atomic mass is 28.3. The summed E-state index contributed by atoms with van der Waals surface area (Å²) >= 11 is 0. The van der Waals surface area contributed by atoms with E-state index < -0.39 is 8.07 Å². The van der Waals surface area contributed by atoms with Gasteiger partial charge in [-0.25, -0.2) is 0 Å². The fourth-order valence-corrected chi connectivity index (χ4v) is 15.4. The first-order valence-electron chi connectivity index (χ1n) is 22.6. The van der Waals surface area contributed by atoms with E-state index in [1.54, 1.807) is 34.5 Å². The van der Waals surface area contributed by atoms with Crippen molar-refractivity contribution in [2.24, 2.45) is 0 Å². The number of nitriles is 2. The van der Waals surface area contributed by atoms with Gasteiger partial charge in [-0.15, -0.1) is 0 Å². The van der Waals surface area contributed by atoms with Crippen LogP contribution in [-0.2, 0) is 0 Å². The molecule has 0 aliphatic carbocycles. The van der Waals surface area contributed by atoms with E-state index in [0.717, 1.165) is 94.3 Å². The Morgan fingerprint density at radius 2 is 0.710 bits per heavy atom. The minimum absolute atomic E-state index is 0.397. The maximum absolute atomic E-state index is 10.6. The third-order valence-electron chi connectivity index (χ3n) is 13.5. The summed E-state index contributed by atoms with van der Waals surface area (Å²) in [5, 5.41) is 29.7. The molecule has 0 saturated heterocycles. The van der Waals surface area contributed by atoms with Gasteiger partial charge in [0.2, 0.25) is 0 Å². The van der Waals surface area contributed by atoms with E-state index in [1.165, 1.54) is 15.6 Å². The molecule has 9 aromatic carbocycles. The highest BCUT2D eigenvalue weighted by Gasteiger charge is 2.44. The van der Waals surface area contributed by atoms with Crippen molar-refractivity contribution in [2.75, 3.05) is 28.4 Å². The Labute approximate surface area is 400 Å². The Hall–Kier alpha value is -9.02. The number of benzene rings is 9. The lowest BCUT2D eigenvalue weighted by Gasteiger charge is -2.37. The van der Waals surface area contributed by atoms with Crippen LogP contribution < -0.4 is 39.7 Å². The molecule has 0 spiro atoms. The average molecular weight is 913 g/mol. The molecule has 0 bridgehead atoms. The van der Waals surface area contributed by atoms with Gasteiger partial charge in [0.05, 0.1) is 85.1 Å². The molecule has 2 heterocycles. The van der Waals surface area contributed by atoms with E-state index in [4.69, 9.17) is 18.9 Å². The van der Waals surface area contributed by atoms with Crippen molar-refractivity contribution < 1.29 is 18.9 Å². The number of hydrogen-bond acceptors (Lipinski definition) is 6. The van der Waals surface area contributed by atoms with Crippen molar-refractivity contribution in [1.29, 1.82) is 10.5 Å². The highest BCUT2D eigenvalue weighted by molar-refractivity contribution is 7.20. The van der Waals surface area contributed by atoms with E-state index in [2.05, 4.69) is 173 Å². The minimum atomic E-state index is -3.39. The molecule has 0 fully saturated rings. The number of ether oxygens (including phenoxy) is 4. The molecule has 69 heavy (non-hydrogen) atoms. The van der Waals surface area contributed by atoms with E-state index in [0.29, 0.717) is 11.1 Å². The number of aromatic nitrogens is 2. The van der Waals surface area contributed by atoms with Crippen LogP contribution in [0, 0.1) is 22.7 Å². The summed E-state index contributed by atoms with van der Waals surface area (Å²) in [5.41, 5.74) is 8.05. The first-order valence-corrected chi connectivity index (χ1v) is 24.6. The lowest BCUT2D eigenvalue weighted by Crippen LogP contribution is -2.75. The Kier molecular flexibility index (Phi) is 10.7. The van der Waals surface area contributed by atoms with Crippen LogP contribution in [0.2, 0.25) is 0 Å². The van der Waals surface area contributed by atoms with E-state index in [1.807, 2.05) is 36.4 Å². The van der Waals surface area contributed by atoms with Crippen molar-refractivity contribution in [2.45, 2.75) is 0 Å². The molecule has 332 valence electrons. The summed E-state index contributed by atoms with van der Waals surface area (Å²) in [5.74, 6) is 2.93. The summed E-state index contributed by atoms with van der Waals surface area (Å²) in [6.07, 6.45) is 0. The summed E-state index contributed by atoms with van der Waals surface area (Å²) < 4.78 is 28.1. The maximum Gasteiger partial charge on any atom is 0.180 e. The molecular formula is C60H44N4O4Si. The minimum Gasteiger partial charge on any atom is -0.497 e. The molecule has 0 aliphatic heterocycles. The van der Waals surface area contributed by atoms with Crippen molar-refractivity contribution >= 4 is 72.4 Å². The van der Waals surface area contributed by atoms with E-state index >= 15 is 0 Å². The van der Waals surface area contributed by atoms with Crippen LogP contribution in [0.15, 0.2) is 194 Å². The fourth-order valence-electron chi connectivity index (χ4n) is 10.4. The Bertz CT molecular complexity index is 3620. The summed E-state index contributed by atoms with van der Waals surface area (Å²) in [4.78, 5) is 0. The standard InChI is InChI=1S/C60H44N4O4Si/c1-65-42-20-24-54-50(31-42)51-32-43(66-2)21-25-55(51)63(54)58-35-49(41-29-39(37-61)28-40(30-41)38-62)60(69(46-14-8-5-9-15-46,47-16-10-6-11-17-47)48-18-12-7-13-19-48)36-59(58)64-56-26-22-44(67-3)33-52(56)53-34-45(68-4)23-27-57(53)64/h5-36H,1-4H3. The lowest BCUT2D eigenvalue weighted by atomic mass is 9.99. The summed E-state index contributed by atoms with van der Waals surface area (Å²) in [6.45, 7) is 0. The Balaban J connectivity index is 1.43. The van der Waals surface area contributed by atoms with Gasteiger partial charge >= 0.3 is 0 Å². The van der Waals surface area contributed by atoms with Gasteiger partial charge in [0.15, 0.2) is 8.07 Å². The SMILES string of the molecule is COc1ccc2c(c1)c1cc(OC)ccc1n2-c1cc(-c2cc(C#N)cc(C#N)c2)c([Si](c2ccccc2)(c2ccccc2)c2ccccc2)cc1-n1c2ccc(OC)cc2c2cc(OC)ccc21. The van der Waals surface area contributed by atoms with Gasteiger partial charge in [-0.05, 0) is 135 Å². The predicted octanol–water partition coefficient (Wildman–Crippen LogP) is 10.7. The van der Waals surface area contributed by atoms with Gasteiger partial charge in [0.25, 0.3) is 0 Å². The number of fused-ring (bicyclic) bond motifs is 6. The molecular weight excluding hydrogens is 869 g/mol. The number of methoxy groups -OCH3 is 4. The summed E-state index contributed by atoms with van der Waals surface area (Å²) in [6, 6.07) is 72.2. The van der Waals surface area contributed by atoms with E-state index in [9.17, 15) is 10.5 Å². The second kappa shape index (κ2) is 17.3. The van der Waals surface area contributed by atoms with Crippen LogP contribution in [0.25, 0.3) is 66.1 Å². The molecule has 2 aromatic heterocycles. The molecule has 0 saturated carbocycles. The van der Waals surface area contributed by atoms with Crippen molar-refractivity contribution in [1.82, 2.24) is 9.13 Å². The van der Waals surface area contributed by atoms with Gasteiger partial charge < -0.3 is 28.1 Å². The van der Waals surface area contributed by atoms with Gasteiger partial charge in [-0.1, -0.05) is 91.0 Å². The monoisotopic (exact) mass is 912 g/mol. The third kappa shape index (κ3) is 6.87. The number of hydrogen-bond donors (Lipinski definition) is 0. The normalized spacial score (nSPS) is 11.4. The second-order valence-electron chi connectivity index (χ2n) is 17.0. The molecule has 0 radical (unpaired) electrons. The van der Waals surface area contributed by atoms with Crippen LogP contribution in [0.5, 0.6) is 23.0 Å². The second-order valence-corrected chi connectivity index (χ2v) is 20.7. The van der Waals surface area contributed by atoms with Crippen LogP contribution in [-0.4, -0.2) is 45.6 Å². The zero-order valence-corrected chi connectivity index (χ0v) is 39.4. The molecule has 11 aromatic rings. The molecule has 0 amide bonds. The van der Waals surface area contributed by atoms with Gasteiger partial charge in [0.1, 0.15) is 23.0 Å². The number of nitrogens with zero attached hydrogens (tertiary/aromatic N) is 4. The molecule has 9 heteroatoms. The highest BCUT2D eigenvalue weighted by Crippen LogP contribution is 2.43. The predicted molar refractivity (Wildman–Crippen MR) is 280 cm³/mol.